The van der Waals surface area contributed by atoms with Crippen molar-refractivity contribution >= 4 is 45.4 Å². The zero-order valence-corrected chi connectivity index (χ0v) is 12.5. The number of furan rings is 1. The number of nitrogens with one attached hydrogen (secondary N) is 1. The van der Waals surface area contributed by atoms with Crippen molar-refractivity contribution < 1.29 is 4.42 Å². The summed E-state index contributed by atoms with van der Waals surface area (Å²) in [6.07, 6.45) is 1.14. The quantitative estimate of drug-likeness (QED) is 0.716. The van der Waals surface area contributed by atoms with E-state index in [-0.39, 0.29) is 5.95 Å². The second-order valence-corrected chi connectivity index (χ2v) is 6.41. The summed E-state index contributed by atoms with van der Waals surface area (Å²) in [5.74, 6) is 1.06. The van der Waals surface area contributed by atoms with Crippen molar-refractivity contribution in [2.75, 3.05) is 23.7 Å². The van der Waals surface area contributed by atoms with Crippen LogP contribution in [0.1, 0.15) is 6.42 Å². The van der Waals surface area contributed by atoms with Crippen LogP contribution in [-0.2, 0) is 0 Å². The number of fused-ring (bicyclic) bond motifs is 5. The summed E-state index contributed by atoms with van der Waals surface area (Å²) in [5, 5.41) is 5.01. The number of benzene rings is 1. The van der Waals surface area contributed by atoms with Crippen LogP contribution in [0.3, 0.4) is 0 Å². The van der Waals surface area contributed by atoms with Crippen molar-refractivity contribution in [2.24, 2.45) is 0 Å². The second-order valence-electron chi connectivity index (χ2n) is 5.97. The largest absolute Gasteiger partial charge is 0.450 e. The zero-order valence-electron chi connectivity index (χ0n) is 11.7. The van der Waals surface area contributed by atoms with Gasteiger partial charge in [-0.15, -0.1) is 0 Å². The van der Waals surface area contributed by atoms with E-state index in [4.69, 9.17) is 21.8 Å². The maximum atomic E-state index is 6.10. The summed E-state index contributed by atoms with van der Waals surface area (Å²) in [6, 6.07) is 6.49. The molecule has 4 heterocycles. The summed E-state index contributed by atoms with van der Waals surface area (Å²) in [5.41, 5.74) is 8.12. The topological polar surface area (TPSA) is 80.2 Å². The van der Waals surface area contributed by atoms with Gasteiger partial charge in [0.05, 0.1) is 0 Å². The number of nitrogens with zero attached hydrogens (tertiary/aromatic N) is 3. The van der Waals surface area contributed by atoms with Crippen LogP contribution in [0.25, 0.3) is 22.1 Å². The molecule has 0 amide bonds. The molecule has 6 nitrogen and oxygen atoms in total. The molecule has 0 radical (unpaired) electrons. The molecule has 112 valence electrons. The van der Waals surface area contributed by atoms with Crippen LogP contribution in [0.2, 0.25) is 5.02 Å². The Bertz CT molecular complexity index is 908. The van der Waals surface area contributed by atoms with Gasteiger partial charge in [0.15, 0.2) is 11.4 Å². The van der Waals surface area contributed by atoms with E-state index in [0.29, 0.717) is 22.7 Å². The van der Waals surface area contributed by atoms with Gasteiger partial charge in [-0.1, -0.05) is 11.6 Å². The van der Waals surface area contributed by atoms with E-state index in [2.05, 4.69) is 20.2 Å². The van der Waals surface area contributed by atoms with E-state index < -0.39 is 0 Å². The number of rotatable bonds is 1. The predicted octanol–water partition coefficient (Wildman–Crippen LogP) is 2.16. The van der Waals surface area contributed by atoms with Gasteiger partial charge >= 0.3 is 0 Å². The lowest BCUT2D eigenvalue weighted by molar-refractivity contribution is 0.572. The lowest BCUT2D eigenvalue weighted by Crippen LogP contribution is -2.44. The van der Waals surface area contributed by atoms with Crippen molar-refractivity contribution in [2.45, 2.75) is 18.5 Å². The van der Waals surface area contributed by atoms with Crippen molar-refractivity contribution in [3.05, 3.63) is 23.2 Å². The van der Waals surface area contributed by atoms with Crippen LogP contribution in [0.4, 0.5) is 11.8 Å². The van der Waals surface area contributed by atoms with Crippen LogP contribution in [0.5, 0.6) is 0 Å². The number of hydrogen-bond acceptors (Lipinski definition) is 6. The first-order chi connectivity index (χ1) is 10.7. The molecule has 0 spiro atoms. The Morgan fingerprint density at radius 3 is 3.05 bits per heavy atom. The maximum Gasteiger partial charge on any atom is 0.222 e. The molecule has 2 atom stereocenters. The molecule has 2 aliphatic rings. The summed E-state index contributed by atoms with van der Waals surface area (Å²) in [4.78, 5) is 11.1. The number of nitrogen functional groups attached to an aromatic ring is 1. The average molecular weight is 316 g/mol. The van der Waals surface area contributed by atoms with Crippen LogP contribution in [0, 0.1) is 0 Å². The summed E-state index contributed by atoms with van der Waals surface area (Å²) >= 11 is 6.10. The first-order valence-electron chi connectivity index (χ1n) is 7.34. The Hall–Kier alpha value is -2.05. The third kappa shape index (κ3) is 1.65. The Morgan fingerprint density at radius 2 is 2.27 bits per heavy atom. The molecule has 2 aliphatic heterocycles. The fraction of sp³-hybridized carbons (Fsp3) is 0.333. The SMILES string of the molecule is Nc1nc(N2C[C@@H]3C[C@@H]2CN3)c2oc3ccc(Cl)cc3c2n1. The third-order valence-corrected chi connectivity index (χ3v) is 4.84. The first-order valence-corrected chi connectivity index (χ1v) is 7.72. The molecule has 5 rings (SSSR count). The minimum Gasteiger partial charge on any atom is -0.450 e. The smallest absolute Gasteiger partial charge is 0.222 e. The molecule has 2 bridgehead atoms. The molecule has 2 saturated heterocycles. The van der Waals surface area contributed by atoms with E-state index in [9.17, 15) is 0 Å². The molecule has 7 heteroatoms. The highest BCUT2D eigenvalue weighted by Gasteiger charge is 2.39. The normalized spacial score (nSPS) is 24.0. The molecule has 22 heavy (non-hydrogen) atoms. The van der Waals surface area contributed by atoms with E-state index in [1.54, 1.807) is 0 Å². The first kappa shape index (κ1) is 12.5. The highest BCUT2D eigenvalue weighted by molar-refractivity contribution is 6.31. The molecule has 3 N–H and O–H groups in total. The Balaban J connectivity index is 1.79. The summed E-state index contributed by atoms with van der Waals surface area (Å²) in [6.45, 7) is 1.90. The minimum atomic E-state index is 0.265. The van der Waals surface area contributed by atoms with Gasteiger partial charge in [-0.05, 0) is 24.6 Å². The molecule has 0 aliphatic carbocycles. The standard InChI is InChI=1S/C15H14ClN5O/c16-7-1-2-11-10(3-7)12-13(22-11)14(20-15(17)19-12)21-6-8-4-9(21)5-18-8/h1-3,8-9,18H,4-6H2,(H2,17,19,20)/t8-,9+/m0/s1. The van der Waals surface area contributed by atoms with E-state index in [0.717, 1.165) is 41.8 Å². The lowest BCUT2D eigenvalue weighted by Gasteiger charge is -2.28. The van der Waals surface area contributed by atoms with E-state index in [1.807, 2.05) is 18.2 Å². The molecule has 0 unspecified atom stereocenters. The van der Waals surface area contributed by atoms with Gasteiger partial charge in [0, 0.05) is 35.6 Å². The zero-order chi connectivity index (χ0) is 14.8. The Labute approximate surface area is 131 Å². The minimum absolute atomic E-state index is 0.265. The van der Waals surface area contributed by atoms with Gasteiger partial charge in [-0.3, -0.25) is 0 Å². The maximum absolute atomic E-state index is 6.10. The number of anilines is 2. The molecule has 2 fully saturated rings. The molecule has 3 aromatic rings. The van der Waals surface area contributed by atoms with Crippen molar-refractivity contribution in [3.63, 3.8) is 0 Å². The number of halogens is 1. The van der Waals surface area contributed by atoms with Gasteiger partial charge in [0.25, 0.3) is 0 Å². The average Bonchev–Trinajstić information content (AvgIpc) is 3.20. The van der Waals surface area contributed by atoms with Crippen molar-refractivity contribution in [3.8, 4) is 0 Å². The van der Waals surface area contributed by atoms with Gasteiger partial charge in [-0.2, -0.15) is 4.98 Å². The van der Waals surface area contributed by atoms with Crippen LogP contribution < -0.4 is 16.0 Å². The predicted molar refractivity (Wildman–Crippen MR) is 86.3 cm³/mol. The van der Waals surface area contributed by atoms with Gasteiger partial charge in [0.2, 0.25) is 5.95 Å². The van der Waals surface area contributed by atoms with Crippen molar-refractivity contribution in [1.29, 1.82) is 0 Å². The van der Waals surface area contributed by atoms with Gasteiger partial charge in [-0.25, -0.2) is 4.98 Å². The van der Waals surface area contributed by atoms with E-state index in [1.165, 1.54) is 0 Å². The second kappa shape index (κ2) is 4.24. The van der Waals surface area contributed by atoms with Crippen LogP contribution in [-0.4, -0.2) is 35.1 Å². The monoisotopic (exact) mass is 315 g/mol. The molecule has 2 aromatic heterocycles. The lowest BCUT2D eigenvalue weighted by atomic mass is 10.2. The van der Waals surface area contributed by atoms with Crippen LogP contribution in [0.15, 0.2) is 22.6 Å². The fourth-order valence-electron chi connectivity index (χ4n) is 3.63. The van der Waals surface area contributed by atoms with E-state index >= 15 is 0 Å². The number of hydrogen-bond donors (Lipinski definition) is 2. The summed E-state index contributed by atoms with van der Waals surface area (Å²) < 4.78 is 6.01. The molecule has 1 aromatic carbocycles. The summed E-state index contributed by atoms with van der Waals surface area (Å²) in [7, 11) is 0. The van der Waals surface area contributed by atoms with Crippen LogP contribution >= 0.6 is 11.6 Å². The highest BCUT2D eigenvalue weighted by Crippen LogP contribution is 2.38. The number of nitrogens with two attached hydrogens (primary N) is 1. The third-order valence-electron chi connectivity index (χ3n) is 4.60. The van der Waals surface area contributed by atoms with Gasteiger partial charge in [0.1, 0.15) is 11.1 Å². The number of aromatic nitrogens is 2. The Kier molecular flexibility index (Phi) is 2.41. The fourth-order valence-corrected chi connectivity index (χ4v) is 3.81. The highest BCUT2D eigenvalue weighted by atomic mass is 35.5. The molecular formula is C15H14ClN5O. The number of piperazine rings is 1. The Morgan fingerprint density at radius 1 is 1.36 bits per heavy atom. The van der Waals surface area contributed by atoms with Gasteiger partial charge < -0.3 is 20.4 Å². The molecule has 0 saturated carbocycles. The van der Waals surface area contributed by atoms with Crippen molar-refractivity contribution in [1.82, 2.24) is 15.3 Å². The molecular weight excluding hydrogens is 302 g/mol.